The van der Waals surface area contributed by atoms with Crippen LogP contribution in [0.1, 0.15) is 70.5 Å². The number of Topliss-reactive ketones (excluding diaryl/α,β-unsaturated/α-hetero) is 1. The molecule has 178 valence electrons. The van der Waals surface area contributed by atoms with Gasteiger partial charge in [-0.05, 0) is 50.7 Å². The molecule has 0 aliphatic carbocycles. The number of ether oxygens (including phenoxy) is 1. The van der Waals surface area contributed by atoms with Crippen molar-refractivity contribution < 1.29 is 24.5 Å². The molecule has 0 unspecified atom stereocenters. The van der Waals surface area contributed by atoms with Gasteiger partial charge >= 0.3 is 5.97 Å². The molecule has 1 aromatic heterocycles. The average Bonchev–Trinajstić information content (AvgIpc) is 3.16. The third-order valence-corrected chi connectivity index (χ3v) is 7.08. The second-order valence-electron chi connectivity index (χ2n) is 9.02. The molecule has 0 aromatic carbocycles. The van der Waals surface area contributed by atoms with Crippen molar-refractivity contribution in [2.45, 2.75) is 85.0 Å². The van der Waals surface area contributed by atoms with Gasteiger partial charge in [-0.3, -0.25) is 9.59 Å². The van der Waals surface area contributed by atoms with Gasteiger partial charge in [-0.15, -0.1) is 11.3 Å². The Balaban J connectivity index is 2.21. The van der Waals surface area contributed by atoms with Crippen molar-refractivity contribution in [1.82, 2.24) is 4.98 Å². The van der Waals surface area contributed by atoms with Crippen LogP contribution in [-0.4, -0.2) is 45.3 Å². The van der Waals surface area contributed by atoms with Crippen LogP contribution in [0.3, 0.4) is 0 Å². The lowest BCUT2D eigenvalue weighted by atomic mass is 9.81. The lowest BCUT2D eigenvalue weighted by molar-refractivity contribution is -0.151. The minimum absolute atomic E-state index is 0.0240. The van der Waals surface area contributed by atoms with E-state index in [1.807, 2.05) is 38.3 Å². The van der Waals surface area contributed by atoms with Gasteiger partial charge in [0.25, 0.3) is 0 Å². The Morgan fingerprint density at radius 2 is 1.91 bits per heavy atom. The van der Waals surface area contributed by atoms with Crippen LogP contribution < -0.4 is 0 Å². The van der Waals surface area contributed by atoms with E-state index >= 15 is 0 Å². The summed E-state index contributed by atoms with van der Waals surface area (Å²) in [5.74, 6) is -2.17. The van der Waals surface area contributed by atoms with Gasteiger partial charge in [-0.1, -0.05) is 32.9 Å². The first-order chi connectivity index (χ1) is 15.1. The summed E-state index contributed by atoms with van der Waals surface area (Å²) in [5.41, 5.74) is 1.70. The van der Waals surface area contributed by atoms with Crippen molar-refractivity contribution in [3.8, 4) is 0 Å². The van der Waals surface area contributed by atoms with E-state index in [2.05, 4.69) is 11.1 Å². The zero-order valence-corrected chi connectivity index (χ0v) is 20.6. The zero-order valence-electron chi connectivity index (χ0n) is 19.8. The maximum atomic E-state index is 12.8. The summed E-state index contributed by atoms with van der Waals surface area (Å²) in [6, 6.07) is 0. The van der Waals surface area contributed by atoms with Crippen molar-refractivity contribution in [3.63, 3.8) is 0 Å². The summed E-state index contributed by atoms with van der Waals surface area (Å²) in [6.07, 6.45) is 6.41. The summed E-state index contributed by atoms with van der Waals surface area (Å²) < 4.78 is 5.71. The summed E-state index contributed by atoms with van der Waals surface area (Å²) in [4.78, 5) is 29.8. The van der Waals surface area contributed by atoms with E-state index < -0.39 is 36.1 Å². The molecule has 1 aromatic rings. The Bertz CT molecular complexity index is 830. The summed E-state index contributed by atoms with van der Waals surface area (Å²) in [5, 5.41) is 24.0. The number of esters is 1. The average molecular weight is 464 g/mol. The van der Waals surface area contributed by atoms with Crippen LogP contribution >= 0.6 is 11.3 Å². The number of hydrogen-bond donors (Lipinski definition) is 2. The lowest BCUT2D eigenvalue weighted by Gasteiger charge is -2.28. The maximum Gasteiger partial charge on any atom is 0.309 e. The minimum atomic E-state index is -1.16. The van der Waals surface area contributed by atoms with Crippen LogP contribution in [0.15, 0.2) is 23.1 Å². The van der Waals surface area contributed by atoms with E-state index in [1.54, 1.807) is 25.2 Å². The number of allylic oxidation sites excluding steroid dienone is 1. The highest BCUT2D eigenvalue weighted by Crippen LogP contribution is 2.25. The van der Waals surface area contributed by atoms with Gasteiger partial charge in [0.2, 0.25) is 0 Å². The van der Waals surface area contributed by atoms with E-state index in [9.17, 15) is 19.8 Å². The Morgan fingerprint density at radius 1 is 1.19 bits per heavy atom. The molecule has 0 saturated heterocycles. The fraction of sp³-hybridized carbons (Fsp3) is 0.640. The van der Waals surface area contributed by atoms with Gasteiger partial charge in [0.05, 0.1) is 29.3 Å². The van der Waals surface area contributed by atoms with Crippen LogP contribution in [0.2, 0.25) is 0 Å². The zero-order chi connectivity index (χ0) is 23.8. The molecule has 2 rings (SSSR count). The second-order valence-corrected chi connectivity index (χ2v) is 10.1. The highest BCUT2D eigenvalue weighted by molar-refractivity contribution is 7.09. The highest BCUT2D eigenvalue weighted by atomic mass is 32.1. The molecule has 0 spiro atoms. The number of nitrogens with zero attached hydrogens (tertiary/aromatic N) is 1. The van der Waals surface area contributed by atoms with Crippen LogP contribution in [-0.2, 0) is 14.3 Å². The van der Waals surface area contributed by atoms with Gasteiger partial charge in [0.15, 0.2) is 0 Å². The lowest BCUT2D eigenvalue weighted by Crippen LogP contribution is -2.39. The Labute approximate surface area is 195 Å². The van der Waals surface area contributed by atoms with Crippen molar-refractivity contribution in [1.29, 1.82) is 0 Å². The second kappa shape index (κ2) is 12.4. The molecule has 6 atom stereocenters. The molecular weight excluding hydrogens is 426 g/mol. The fourth-order valence-electron chi connectivity index (χ4n) is 3.99. The number of ketones is 1. The number of aliphatic hydroxyl groups is 2. The number of cyclic esters (lactones) is 1. The van der Waals surface area contributed by atoms with E-state index in [4.69, 9.17) is 4.74 Å². The third-order valence-electron chi connectivity index (χ3n) is 6.29. The molecule has 7 heteroatoms. The van der Waals surface area contributed by atoms with E-state index in [1.165, 1.54) is 0 Å². The first-order valence-corrected chi connectivity index (χ1v) is 12.3. The van der Waals surface area contributed by atoms with Gasteiger partial charge in [0.1, 0.15) is 11.9 Å². The molecule has 0 radical (unpaired) electrons. The molecular formula is C25H37NO5S. The molecule has 6 nitrogen and oxygen atoms in total. The Morgan fingerprint density at radius 3 is 2.56 bits per heavy atom. The van der Waals surface area contributed by atoms with Crippen LogP contribution in [0.4, 0.5) is 0 Å². The predicted octanol–water partition coefficient (Wildman–Crippen LogP) is 4.49. The molecule has 0 fully saturated rings. The predicted molar refractivity (Wildman–Crippen MR) is 127 cm³/mol. The number of aryl methyl sites for hydroxylation is 1. The van der Waals surface area contributed by atoms with Crippen molar-refractivity contribution in [3.05, 3.63) is 33.8 Å². The van der Waals surface area contributed by atoms with Crippen LogP contribution in [0, 0.1) is 24.7 Å². The first-order valence-electron chi connectivity index (χ1n) is 11.4. The van der Waals surface area contributed by atoms with Gasteiger partial charge in [-0.25, -0.2) is 4.98 Å². The topological polar surface area (TPSA) is 96.7 Å². The monoisotopic (exact) mass is 463 g/mol. The molecule has 0 amide bonds. The molecule has 2 N–H and O–H groups in total. The van der Waals surface area contributed by atoms with Crippen molar-refractivity contribution in [2.24, 2.45) is 17.8 Å². The smallest absolute Gasteiger partial charge is 0.309 e. The minimum Gasteiger partial charge on any atom is -0.457 e. The molecule has 0 saturated carbocycles. The molecule has 0 bridgehead atoms. The highest BCUT2D eigenvalue weighted by Gasteiger charge is 2.34. The first kappa shape index (κ1) is 26.4. The number of aliphatic hydroxyl groups excluding tert-OH is 2. The van der Waals surface area contributed by atoms with Crippen molar-refractivity contribution >= 4 is 29.2 Å². The summed E-state index contributed by atoms with van der Waals surface area (Å²) in [7, 11) is 0. The number of carbonyl (C=O) groups is 2. The number of aromatic nitrogens is 1. The number of carbonyl (C=O) groups excluding carboxylic acids is 2. The van der Waals surface area contributed by atoms with E-state index in [0.29, 0.717) is 6.42 Å². The number of rotatable bonds is 2. The summed E-state index contributed by atoms with van der Waals surface area (Å²) in [6.45, 7) is 9.10. The van der Waals surface area contributed by atoms with Gasteiger partial charge in [-0.2, -0.15) is 0 Å². The van der Waals surface area contributed by atoms with Crippen molar-refractivity contribution in [2.75, 3.05) is 0 Å². The van der Waals surface area contributed by atoms with Gasteiger partial charge in [0, 0.05) is 23.6 Å². The van der Waals surface area contributed by atoms with Crippen LogP contribution in [0.5, 0.6) is 0 Å². The summed E-state index contributed by atoms with van der Waals surface area (Å²) >= 11 is 1.56. The van der Waals surface area contributed by atoms with Gasteiger partial charge < -0.3 is 14.9 Å². The quantitative estimate of drug-likeness (QED) is 0.496. The molecule has 32 heavy (non-hydrogen) atoms. The normalized spacial score (nSPS) is 33.0. The number of hydrogen-bond acceptors (Lipinski definition) is 7. The third kappa shape index (κ3) is 7.64. The van der Waals surface area contributed by atoms with E-state index in [0.717, 1.165) is 35.5 Å². The Hall–Kier alpha value is -1.83. The molecule has 2 heterocycles. The standard InChI is InChI=1S/C25H37NO5S/c1-15-10-8-6-7-9-11-22(16(2)12-20-14-32-19(5)26-20)31-23(28)13-21(27)17(3)25(30)18(4)24(15)29/h7,9,12,14-15,17-18,21-22,24,27,29H,6,8,10-11,13H2,1-5H3/b9-7+,16-12-/t15-,17+,18+,21-,22-,24-/m0/s1. The largest absolute Gasteiger partial charge is 0.457 e. The van der Waals surface area contributed by atoms with Crippen LogP contribution in [0.25, 0.3) is 6.08 Å². The number of thiazole rings is 1. The molecule has 1 aliphatic rings. The SMILES string of the molecule is C/C(=C/c1csc(C)n1)[C@@H]1C/C=C/CCC[C@H](C)[C@H](O)[C@@H](C)C(=O)[C@H](C)[C@@H](O)CC(=O)O1. The Kier molecular flexibility index (Phi) is 10.3. The van der Waals surface area contributed by atoms with E-state index in [-0.39, 0.29) is 18.1 Å². The molecule has 1 aliphatic heterocycles. The maximum absolute atomic E-state index is 12.8. The fourth-order valence-corrected chi connectivity index (χ4v) is 4.56.